The standard InChI is InChI=1S/C20H17N3O5/c1-26-20(25)15-4-2-3-5-16(15)23-19(24)14(9-21)11-22-10-13-6-7-17-18(8-13)28-12-27-17/h2-8,11,22H,10,12H2,1H3,(H,23,24)/b14-11-. The Balaban J connectivity index is 1.65. The van der Waals surface area contributed by atoms with Gasteiger partial charge in [0.2, 0.25) is 6.79 Å². The average Bonchev–Trinajstić information content (AvgIpc) is 3.19. The lowest BCUT2D eigenvalue weighted by Crippen LogP contribution is -2.18. The lowest BCUT2D eigenvalue weighted by Gasteiger charge is -2.09. The molecule has 0 saturated carbocycles. The number of hydrogen-bond acceptors (Lipinski definition) is 7. The Morgan fingerprint density at radius 1 is 1.21 bits per heavy atom. The highest BCUT2D eigenvalue weighted by Crippen LogP contribution is 2.32. The van der Waals surface area contributed by atoms with E-state index in [1.54, 1.807) is 24.3 Å². The van der Waals surface area contributed by atoms with Crippen molar-refractivity contribution >= 4 is 17.6 Å². The number of esters is 1. The first-order valence-electron chi connectivity index (χ1n) is 8.33. The van der Waals surface area contributed by atoms with Gasteiger partial charge in [-0.15, -0.1) is 0 Å². The Hall–Kier alpha value is -3.99. The number of rotatable bonds is 6. The molecule has 1 aliphatic rings. The normalized spacial score (nSPS) is 12.1. The second-order valence-corrected chi connectivity index (χ2v) is 5.73. The number of nitrogens with zero attached hydrogens (tertiary/aromatic N) is 1. The number of hydrogen-bond donors (Lipinski definition) is 2. The topological polar surface area (TPSA) is 110 Å². The van der Waals surface area contributed by atoms with Crippen LogP contribution in [0.15, 0.2) is 54.2 Å². The minimum absolute atomic E-state index is 0.139. The predicted molar refractivity (Wildman–Crippen MR) is 99.5 cm³/mol. The number of para-hydroxylation sites is 1. The Morgan fingerprint density at radius 3 is 2.79 bits per heavy atom. The number of carbonyl (C=O) groups excluding carboxylic acids is 2. The van der Waals surface area contributed by atoms with Crippen LogP contribution in [-0.2, 0) is 16.1 Å². The third-order valence-electron chi connectivity index (χ3n) is 3.94. The lowest BCUT2D eigenvalue weighted by atomic mass is 10.1. The Kier molecular flexibility index (Phi) is 5.77. The molecule has 1 amide bonds. The lowest BCUT2D eigenvalue weighted by molar-refractivity contribution is -0.112. The van der Waals surface area contributed by atoms with Crippen LogP contribution >= 0.6 is 0 Å². The molecule has 0 spiro atoms. The number of amides is 1. The summed E-state index contributed by atoms with van der Waals surface area (Å²) in [6, 6.07) is 13.7. The zero-order valence-corrected chi connectivity index (χ0v) is 15.0. The minimum Gasteiger partial charge on any atom is -0.465 e. The summed E-state index contributed by atoms with van der Waals surface area (Å²) in [7, 11) is 1.25. The Morgan fingerprint density at radius 2 is 2.00 bits per heavy atom. The highest BCUT2D eigenvalue weighted by molar-refractivity contribution is 6.09. The second-order valence-electron chi connectivity index (χ2n) is 5.73. The quantitative estimate of drug-likeness (QED) is 0.450. The molecule has 0 bridgehead atoms. The van der Waals surface area contributed by atoms with E-state index in [0.29, 0.717) is 18.0 Å². The van der Waals surface area contributed by atoms with Gasteiger partial charge in [0.25, 0.3) is 5.91 Å². The fraction of sp³-hybridized carbons (Fsp3) is 0.150. The van der Waals surface area contributed by atoms with Gasteiger partial charge >= 0.3 is 5.97 Å². The van der Waals surface area contributed by atoms with Crippen molar-refractivity contribution in [1.82, 2.24) is 5.32 Å². The summed E-state index contributed by atoms with van der Waals surface area (Å²) in [6.45, 7) is 0.575. The highest BCUT2D eigenvalue weighted by atomic mass is 16.7. The Bertz CT molecular complexity index is 978. The van der Waals surface area contributed by atoms with E-state index in [9.17, 15) is 14.9 Å². The average molecular weight is 379 g/mol. The van der Waals surface area contributed by atoms with Gasteiger partial charge in [0.1, 0.15) is 11.6 Å². The van der Waals surface area contributed by atoms with Crippen molar-refractivity contribution < 1.29 is 23.8 Å². The molecule has 2 aromatic carbocycles. The molecule has 28 heavy (non-hydrogen) atoms. The molecular formula is C20H17N3O5. The number of nitriles is 1. The molecule has 0 atom stereocenters. The molecule has 1 heterocycles. The van der Waals surface area contributed by atoms with E-state index in [1.807, 2.05) is 18.2 Å². The molecule has 0 aromatic heterocycles. The van der Waals surface area contributed by atoms with Crippen LogP contribution in [0, 0.1) is 11.3 Å². The third kappa shape index (κ3) is 4.22. The SMILES string of the molecule is COC(=O)c1ccccc1NC(=O)/C(C#N)=C\NCc1ccc2c(c1)OCO2. The molecule has 142 valence electrons. The number of carbonyl (C=O) groups is 2. The fourth-order valence-corrected chi connectivity index (χ4v) is 2.54. The van der Waals surface area contributed by atoms with E-state index in [-0.39, 0.29) is 23.6 Å². The zero-order valence-electron chi connectivity index (χ0n) is 15.0. The molecule has 0 radical (unpaired) electrons. The van der Waals surface area contributed by atoms with Crippen LogP contribution in [-0.4, -0.2) is 25.8 Å². The van der Waals surface area contributed by atoms with Crippen LogP contribution in [0.5, 0.6) is 11.5 Å². The highest BCUT2D eigenvalue weighted by Gasteiger charge is 2.16. The number of benzene rings is 2. The van der Waals surface area contributed by atoms with Crippen molar-refractivity contribution in [2.24, 2.45) is 0 Å². The van der Waals surface area contributed by atoms with E-state index in [0.717, 1.165) is 5.56 Å². The van der Waals surface area contributed by atoms with Gasteiger partial charge < -0.3 is 24.8 Å². The summed E-state index contributed by atoms with van der Waals surface area (Å²) in [5.74, 6) is 0.109. The van der Waals surface area contributed by atoms with Gasteiger partial charge in [-0.3, -0.25) is 4.79 Å². The molecule has 8 nitrogen and oxygen atoms in total. The Labute approximate surface area is 161 Å². The van der Waals surface area contributed by atoms with Crippen LogP contribution in [0.2, 0.25) is 0 Å². The van der Waals surface area contributed by atoms with Crippen molar-refractivity contribution in [3.8, 4) is 17.6 Å². The molecule has 0 aliphatic carbocycles. The molecule has 0 unspecified atom stereocenters. The maximum Gasteiger partial charge on any atom is 0.339 e. The number of anilines is 1. The predicted octanol–water partition coefficient (Wildman–Crippen LogP) is 2.34. The minimum atomic E-state index is -0.642. The first kappa shape index (κ1) is 18.8. The maximum absolute atomic E-state index is 12.4. The van der Waals surface area contributed by atoms with E-state index in [1.165, 1.54) is 19.4 Å². The van der Waals surface area contributed by atoms with Gasteiger partial charge in [0.15, 0.2) is 11.5 Å². The van der Waals surface area contributed by atoms with Crippen molar-refractivity contribution in [3.63, 3.8) is 0 Å². The van der Waals surface area contributed by atoms with Gasteiger partial charge in [0, 0.05) is 12.7 Å². The monoisotopic (exact) mass is 379 g/mol. The van der Waals surface area contributed by atoms with Crippen LogP contribution in [0.3, 0.4) is 0 Å². The van der Waals surface area contributed by atoms with E-state index >= 15 is 0 Å². The summed E-state index contributed by atoms with van der Waals surface area (Å²) in [4.78, 5) is 24.2. The largest absolute Gasteiger partial charge is 0.465 e. The van der Waals surface area contributed by atoms with Crippen molar-refractivity contribution in [2.75, 3.05) is 19.2 Å². The fourth-order valence-electron chi connectivity index (χ4n) is 2.54. The van der Waals surface area contributed by atoms with Crippen molar-refractivity contribution in [2.45, 2.75) is 6.54 Å². The third-order valence-corrected chi connectivity index (χ3v) is 3.94. The number of nitrogens with one attached hydrogen (secondary N) is 2. The first-order valence-corrected chi connectivity index (χ1v) is 8.33. The van der Waals surface area contributed by atoms with Gasteiger partial charge in [-0.1, -0.05) is 18.2 Å². The van der Waals surface area contributed by atoms with Crippen LogP contribution in [0.1, 0.15) is 15.9 Å². The smallest absolute Gasteiger partial charge is 0.339 e. The van der Waals surface area contributed by atoms with E-state index in [4.69, 9.17) is 9.47 Å². The molecule has 0 fully saturated rings. The summed E-state index contributed by atoms with van der Waals surface area (Å²) in [6.07, 6.45) is 1.32. The molecular weight excluding hydrogens is 362 g/mol. The molecule has 2 N–H and O–H groups in total. The number of ether oxygens (including phenoxy) is 3. The molecule has 2 aromatic rings. The number of fused-ring (bicyclic) bond motifs is 1. The zero-order chi connectivity index (χ0) is 19.9. The van der Waals surface area contributed by atoms with Crippen molar-refractivity contribution in [1.29, 1.82) is 5.26 Å². The van der Waals surface area contributed by atoms with Crippen LogP contribution < -0.4 is 20.1 Å². The van der Waals surface area contributed by atoms with Gasteiger partial charge in [-0.2, -0.15) is 5.26 Å². The summed E-state index contributed by atoms with van der Waals surface area (Å²) < 4.78 is 15.3. The molecule has 1 aliphatic heterocycles. The summed E-state index contributed by atoms with van der Waals surface area (Å²) in [5.41, 5.74) is 1.22. The van der Waals surface area contributed by atoms with Crippen LogP contribution in [0.25, 0.3) is 0 Å². The van der Waals surface area contributed by atoms with Gasteiger partial charge in [-0.05, 0) is 29.8 Å². The maximum atomic E-state index is 12.4. The van der Waals surface area contributed by atoms with E-state index in [2.05, 4.69) is 15.4 Å². The van der Waals surface area contributed by atoms with Gasteiger partial charge in [0.05, 0.1) is 18.4 Å². The van der Waals surface area contributed by atoms with Crippen molar-refractivity contribution in [3.05, 3.63) is 65.4 Å². The first-order chi connectivity index (χ1) is 13.6. The summed E-state index contributed by atoms with van der Waals surface area (Å²) >= 11 is 0. The molecule has 3 rings (SSSR count). The number of methoxy groups -OCH3 is 1. The van der Waals surface area contributed by atoms with E-state index < -0.39 is 11.9 Å². The molecule has 8 heteroatoms. The second kappa shape index (κ2) is 8.60. The molecule has 0 saturated heterocycles. The summed E-state index contributed by atoms with van der Waals surface area (Å²) in [5, 5.41) is 14.8. The van der Waals surface area contributed by atoms with Crippen LogP contribution in [0.4, 0.5) is 5.69 Å². The van der Waals surface area contributed by atoms with Gasteiger partial charge in [-0.25, -0.2) is 4.79 Å².